The lowest BCUT2D eigenvalue weighted by Crippen LogP contribution is -2.20. The number of para-hydroxylation sites is 2. The van der Waals surface area contributed by atoms with Gasteiger partial charge >= 0.3 is 6.03 Å². The quantitative estimate of drug-likeness (QED) is 0.107. The number of carbonyl (C=O) groups excluding carboxylic acids is 1. The zero-order valence-electron chi connectivity index (χ0n) is 34.5. The Kier molecular flexibility index (Phi) is 12.7. The van der Waals surface area contributed by atoms with Gasteiger partial charge in [0.25, 0.3) is 0 Å². The van der Waals surface area contributed by atoms with Gasteiger partial charge in [-0.3, -0.25) is 9.97 Å². The summed E-state index contributed by atoms with van der Waals surface area (Å²) in [6.45, 7) is 7.76. The van der Waals surface area contributed by atoms with E-state index in [2.05, 4.69) is 20.6 Å². The second kappa shape index (κ2) is 18.2. The first-order valence-corrected chi connectivity index (χ1v) is 18.5. The molecular formula is C46H47N5O8. The molecular weight excluding hydrogens is 751 g/mol. The molecule has 13 nitrogen and oxygen atoms in total. The monoisotopic (exact) mass is 797 g/mol. The maximum absolute atomic E-state index is 12.6. The van der Waals surface area contributed by atoms with E-state index in [-0.39, 0.29) is 6.03 Å². The highest BCUT2D eigenvalue weighted by Crippen LogP contribution is 2.40. The number of ether oxygens (including phenoxy) is 7. The number of amides is 2. The normalized spacial score (nSPS) is 10.6. The average molecular weight is 798 g/mol. The van der Waals surface area contributed by atoms with Gasteiger partial charge in [0.2, 0.25) is 0 Å². The van der Waals surface area contributed by atoms with Gasteiger partial charge in [-0.1, -0.05) is 12.1 Å². The summed E-state index contributed by atoms with van der Waals surface area (Å²) in [5.74, 6) is 5.80. The number of nitrogens with one attached hydrogen (secondary N) is 2. The van der Waals surface area contributed by atoms with Gasteiger partial charge in [-0.15, -0.1) is 0 Å². The van der Waals surface area contributed by atoms with Gasteiger partial charge in [-0.25, -0.2) is 4.79 Å². The number of nitrogens with two attached hydrogens (primary N) is 1. The van der Waals surface area contributed by atoms with Gasteiger partial charge in [0.15, 0.2) is 23.0 Å². The number of anilines is 3. The third kappa shape index (κ3) is 9.26. The molecule has 7 aromatic rings. The van der Waals surface area contributed by atoms with Crippen molar-refractivity contribution in [3.05, 3.63) is 120 Å². The molecule has 0 aliphatic heterocycles. The van der Waals surface area contributed by atoms with Crippen molar-refractivity contribution in [1.82, 2.24) is 9.97 Å². The van der Waals surface area contributed by atoms with Crippen LogP contribution in [-0.4, -0.2) is 51.5 Å². The molecule has 59 heavy (non-hydrogen) atoms. The van der Waals surface area contributed by atoms with Gasteiger partial charge in [0, 0.05) is 46.7 Å². The molecule has 0 unspecified atom stereocenters. The molecule has 7 rings (SSSR count). The first-order valence-electron chi connectivity index (χ1n) is 18.5. The van der Waals surface area contributed by atoms with E-state index in [0.29, 0.717) is 57.4 Å². The number of benzene rings is 5. The minimum atomic E-state index is -0.369. The van der Waals surface area contributed by atoms with Crippen LogP contribution in [0.25, 0.3) is 21.8 Å². The fourth-order valence-corrected chi connectivity index (χ4v) is 6.29. The second-order valence-corrected chi connectivity index (χ2v) is 13.5. The molecule has 5 aromatic carbocycles. The van der Waals surface area contributed by atoms with E-state index in [9.17, 15) is 4.79 Å². The number of aryl methyl sites for hydroxylation is 4. The molecule has 0 spiro atoms. The van der Waals surface area contributed by atoms with Crippen LogP contribution in [0.3, 0.4) is 0 Å². The number of rotatable bonds is 11. The number of carbonyl (C=O) groups is 1. The minimum Gasteiger partial charge on any atom is -0.495 e. The molecule has 304 valence electrons. The fourth-order valence-electron chi connectivity index (χ4n) is 6.29. The van der Waals surface area contributed by atoms with Crippen molar-refractivity contribution < 1.29 is 38.0 Å². The average Bonchev–Trinajstić information content (AvgIpc) is 3.24. The summed E-state index contributed by atoms with van der Waals surface area (Å²) in [4.78, 5) is 21.4. The highest BCUT2D eigenvalue weighted by atomic mass is 16.5. The topological polar surface area (TPSA) is 158 Å². The zero-order chi connectivity index (χ0) is 42.2. The van der Waals surface area contributed by atoms with Crippen molar-refractivity contribution in [2.45, 2.75) is 27.7 Å². The number of urea groups is 1. The number of methoxy groups -OCH3 is 5. The van der Waals surface area contributed by atoms with Crippen LogP contribution in [0, 0.1) is 27.7 Å². The van der Waals surface area contributed by atoms with Crippen LogP contribution < -0.4 is 49.5 Å². The summed E-state index contributed by atoms with van der Waals surface area (Å²) in [7, 11) is 7.94. The Labute approximate surface area is 343 Å². The number of aromatic nitrogens is 2. The molecule has 13 heteroatoms. The summed E-state index contributed by atoms with van der Waals surface area (Å²) in [6, 6.07) is 25.5. The molecule has 2 aromatic heterocycles. The van der Waals surface area contributed by atoms with Crippen LogP contribution in [0.1, 0.15) is 22.3 Å². The summed E-state index contributed by atoms with van der Waals surface area (Å²) < 4.78 is 39.2. The Morgan fingerprint density at radius 1 is 0.475 bits per heavy atom. The number of hydrogen-bond donors (Lipinski definition) is 3. The van der Waals surface area contributed by atoms with E-state index < -0.39 is 0 Å². The fraction of sp³-hybridized carbons (Fsp3) is 0.196. The molecule has 0 bridgehead atoms. The number of fused-ring (bicyclic) bond motifs is 2. The molecule has 0 aliphatic rings. The molecule has 4 N–H and O–H groups in total. The summed E-state index contributed by atoms with van der Waals surface area (Å²) in [5.41, 5.74) is 13.1. The maximum Gasteiger partial charge on any atom is 0.323 e. The molecule has 0 radical (unpaired) electrons. The molecule has 0 saturated heterocycles. The van der Waals surface area contributed by atoms with Gasteiger partial charge in [0.05, 0.1) is 52.3 Å². The number of nitrogen functional groups attached to an aromatic ring is 1. The zero-order valence-corrected chi connectivity index (χ0v) is 34.5. The van der Waals surface area contributed by atoms with Crippen LogP contribution in [0.4, 0.5) is 21.9 Å². The molecule has 0 aliphatic carbocycles. The van der Waals surface area contributed by atoms with Crippen LogP contribution in [0.5, 0.6) is 51.7 Å². The van der Waals surface area contributed by atoms with Crippen molar-refractivity contribution in [1.29, 1.82) is 0 Å². The molecule has 2 heterocycles. The Morgan fingerprint density at radius 3 is 1.46 bits per heavy atom. The van der Waals surface area contributed by atoms with Crippen LogP contribution in [0.2, 0.25) is 0 Å². The number of nitrogens with zero attached hydrogens (tertiary/aromatic N) is 2. The van der Waals surface area contributed by atoms with Crippen molar-refractivity contribution >= 4 is 44.9 Å². The Morgan fingerprint density at radius 2 is 0.932 bits per heavy atom. The predicted molar refractivity (Wildman–Crippen MR) is 232 cm³/mol. The first kappa shape index (κ1) is 41.2. The Bertz CT molecular complexity index is 2650. The van der Waals surface area contributed by atoms with E-state index >= 15 is 0 Å². The first-order chi connectivity index (χ1) is 28.5. The highest BCUT2D eigenvalue weighted by molar-refractivity contribution is 6.01. The SMILES string of the molecule is COc1cc2nccc(Oc3cc(C)c(N)cc3C)c2cc1OC.COc1ccccc1NC(=O)Nc1cc(C)c(Oc2ccnc3cc(OC)c(OC)cc23)cc1C. The van der Waals surface area contributed by atoms with E-state index in [1.54, 1.807) is 66.1 Å². The van der Waals surface area contributed by atoms with E-state index in [1.165, 1.54) is 0 Å². The second-order valence-electron chi connectivity index (χ2n) is 13.5. The third-order valence-electron chi connectivity index (χ3n) is 9.54. The lowest BCUT2D eigenvalue weighted by atomic mass is 10.1. The van der Waals surface area contributed by atoms with Crippen molar-refractivity contribution in [3.8, 4) is 51.7 Å². The molecule has 2 amide bonds. The number of pyridine rings is 2. The number of hydrogen-bond acceptors (Lipinski definition) is 11. The lowest BCUT2D eigenvalue weighted by Gasteiger charge is -2.16. The van der Waals surface area contributed by atoms with Crippen molar-refractivity contribution in [3.63, 3.8) is 0 Å². The van der Waals surface area contributed by atoms with E-state index in [1.807, 2.05) is 94.4 Å². The Hall–Kier alpha value is -7.41. The van der Waals surface area contributed by atoms with Crippen LogP contribution in [-0.2, 0) is 0 Å². The van der Waals surface area contributed by atoms with Gasteiger partial charge < -0.3 is 49.5 Å². The van der Waals surface area contributed by atoms with Crippen molar-refractivity contribution in [2.24, 2.45) is 0 Å². The molecule has 0 saturated carbocycles. The van der Waals surface area contributed by atoms with Gasteiger partial charge in [0.1, 0.15) is 28.7 Å². The van der Waals surface area contributed by atoms with E-state index in [4.69, 9.17) is 38.9 Å². The Balaban J connectivity index is 0.000000213. The van der Waals surface area contributed by atoms with Crippen LogP contribution in [0.15, 0.2) is 97.3 Å². The lowest BCUT2D eigenvalue weighted by molar-refractivity contribution is 0.262. The summed E-state index contributed by atoms with van der Waals surface area (Å²) >= 11 is 0. The molecule has 0 atom stereocenters. The van der Waals surface area contributed by atoms with Crippen LogP contribution >= 0.6 is 0 Å². The molecule has 0 fully saturated rings. The van der Waals surface area contributed by atoms with Gasteiger partial charge in [-0.05, 0) is 111 Å². The minimum absolute atomic E-state index is 0.369. The maximum atomic E-state index is 12.6. The van der Waals surface area contributed by atoms with E-state index in [0.717, 1.165) is 55.5 Å². The van der Waals surface area contributed by atoms with Crippen molar-refractivity contribution in [2.75, 3.05) is 51.9 Å². The predicted octanol–water partition coefficient (Wildman–Crippen LogP) is 10.6. The summed E-state index contributed by atoms with van der Waals surface area (Å²) in [5, 5.41) is 7.36. The summed E-state index contributed by atoms with van der Waals surface area (Å²) in [6.07, 6.45) is 3.40. The van der Waals surface area contributed by atoms with Gasteiger partial charge in [-0.2, -0.15) is 0 Å². The largest absolute Gasteiger partial charge is 0.495 e. The standard InChI is InChI=1S/C27H27N3O5.C19H20N2O3/c1-16-13-24(35-22-10-11-28-21-15-26(34-5)25(33-4)14-18(21)22)17(2)12-20(16)30-27(31)29-19-8-6-7-9-23(19)32-3;1-11-8-17(12(2)7-14(11)20)24-16-5-6-21-15-10-19(23-4)18(22-3)9-13(15)16/h6-15H,1-5H3,(H2,29,30,31);5-10H,20H2,1-4H3. The third-order valence-corrected chi connectivity index (χ3v) is 9.54. The highest BCUT2D eigenvalue weighted by Gasteiger charge is 2.16. The smallest absolute Gasteiger partial charge is 0.323 e.